The minimum absolute atomic E-state index is 0.236. The molecule has 0 spiro atoms. The van der Waals surface area contributed by atoms with E-state index in [9.17, 15) is 9.59 Å². The molecular formula is C30H22N4O3. The third-order valence-corrected chi connectivity index (χ3v) is 6.26. The number of aryl methyl sites for hydroxylation is 1. The van der Waals surface area contributed by atoms with Gasteiger partial charge >= 0.3 is 6.03 Å². The van der Waals surface area contributed by atoms with Crippen LogP contribution in [0.1, 0.15) is 15.9 Å². The van der Waals surface area contributed by atoms with Gasteiger partial charge in [0.05, 0.1) is 17.4 Å². The number of nitrogens with zero attached hydrogens (tertiary/aromatic N) is 2. The molecule has 1 aliphatic heterocycles. The Morgan fingerprint density at radius 1 is 0.919 bits per heavy atom. The molecule has 0 saturated carbocycles. The number of aromatic nitrogens is 2. The molecule has 5 aromatic rings. The number of carbonyl (C=O) groups is 2. The highest BCUT2D eigenvalue weighted by Gasteiger charge is 2.28. The number of hydrogen-bond acceptors (Lipinski definition) is 4. The average molecular weight is 487 g/mol. The van der Waals surface area contributed by atoms with E-state index in [4.69, 9.17) is 4.74 Å². The second-order valence-corrected chi connectivity index (χ2v) is 8.73. The van der Waals surface area contributed by atoms with E-state index in [1.54, 1.807) is 48.8 Å². The molecule has 0 radical (unpaired) electrons. The van der Waals surface area contributed by atoms with Gasteiger partial charge < -0.3 is 19.9 Å². The lowest BCUT2D eigenvalue weighted by Crippen LogP contribution is -2.19. The van der Waals surface area contributed by atoms with Crippen molar-refractivity contribution >= 4 is 40.2 Å². The zero-order valence-corrected chi connectivity index (χ0v) is 19.9. The van der Waals surface area contributed by atoms with Crippen LogP contribution in [0.2, 0.25) is 0 Å². The first-order valence-corrected chi connectivity index (χ1v) is 11.8. The topological polar surface area (TPSA) is 85.2 Å². The second-order valence-electron chi connectivity index (χ2n) is 8.73. The van der Waals surface area contributed by atoms with Crippen LogP contribution in [0.15, 0.2) is 103 Å². The minimum atomic E-state index is -0.431. The summed E-state index contributed by atoms with van der Waals surface area (Å²) in [6.45, 7) is 0. The minimum Gasteiger partial charge on any atom is -0.452 e. The van der Waals surface area contributed by atoms with Crippen molar-refractivity contribution in [3.05, 3.63) is 114 Å². The molecule has 0 unspecified atom stereocenters. The Hall–Kier alpha value is -5.17. The number of carbonyl (C=O) groups excluding carboxylic acids is 2. The van der Waals surface area contributed by atoms with E-state index < -0.39 is 6.03 Å². The SMILES string of the molecule is Cn1cc(/C=C2\Oc3ccc(NC(=O)Nc4cccnc4)cc3C2=O)c2c(-c3ccccc3)cccc21. The van der Waals surface area contributed by atoms with Crippen molar-refractivity contribution in [2.24, 2.45) is 7.05 Å². The summed E-state index contributed by atoms with van der Waals surface area (Å²) < 4.78 is 7.99. The first-order chi connectivity index (χ1) is 18.1. The first kappa shape index (κ1) is 22.3. The fraction of sp³-hybridized carbons (Fsp3) is 0.0333. The largest absolute Gasteiger partial charge is 0.452 e. The van der Waals surface area contributed by atoms with Crippen LogP contribution in [0.3, 0.4) is 0 Å². The molecule has 7 nitrogen and oxygen atoms in total. The summed E-state index contributed by atoms with van der Waals surface area (Å²) in [5.41, 5.74) is 5.57. The van der Waals surface area contributed by atoms with Gasteiger partial charge in [0.25, 0.3) is 0 Å². The number of nitrogens with one attached hydrogen (secondary N) is 2. The van der Waals surface area contributed by atoms with Crippen LogP contribution in [-0.2, 0) is 7.05 Å². The Morgan fingerprint density at radius 2 is 1.76 bits per heavy atom. The molecule has 37 heavy (non-hydrogen) atoms. The van der Waals surface area contributed by atoms with Gasteiger partial charge in [0.15, 0.2) is 5.76 Å². The van der Waals surface area contributed by atoms with Gasteiger partial charge in [-0.2, -0.15) is 0 Å². The normalized spacial score (nSPS) is 13.4. The summed E-state index contributed by atoms with van der Waals surface area (Å²) in [6, 6.07) is 24.4. The maximum absolute atomic E-state index is 13.3. The molecule has 0 atom stereocenters. The van der Waals surface area contributed by atoms with Crippen LogP contribution in [0.4, 0.5) is 16.2 Å². The molecule has 3 aromatic carbocycles. The third kappa shape index (κ3) is 4.23. The summed E-state index contributed by atoms with van der Waals surface area (Å²) >= 11 is 0. The number of Topliss-reactive ketones (excluding diaryl/α,β-unsaturated/α-hetero) is 1. The molecule has 6 rings (SSSR count). The lowest BCUT2D eigenvalue weighted by atomic mass is 9.98. The van der Waals surface area contributed by atoms with Crippen LogP contribution >= 0.6 is 0 Å². The number of hydrogen-bond donors (Lipinski definition) is 2. The third-order valence-electron chi connectivity index (χ3n) is 6.26. The van der Waals surface area contributed by atoms with Crippen molar-refractivity contribution < 1.29 is 14.3 Å². The summed E-state index contributed by atoms with van der Waals surface area (Å²) in [7, 11) is 1.99. The second kappa shape index (κ2) is 9.13. The highest BCUT2D eigenvalue weighted by Crippen LogP contribution is 2.37. The zero-order valence-electron chi connectivity index (χ0n) is 19.9. The maximum atomic E-state index is 13.3. The van der Waals surface area contributed by atoms with Gasteiger partial charge in [-0.1, -0.05) is 42.5 Å². The highest BCUT2D eigenvalue weighted by molar-refractivity contribution is 6.16. The summed E-state index contributed by atoms with van der Waals surface area (Å²) in [5.74, 6) is 0.459. The monoisotopic (exact) mass is 486 g/mol. The standard InChI is InChI=1S/C30H22N4O3/c1-34-18-20(28-23(10-5-11-25(28)34)19-7-3-2-4-8-19)15-27-29(35)24-16-21(12-13-26(24)37-27)32-30(36)33-22-9-6-14-31-17-22/h2-18H,1H3,(H2,32,33,36)/b27-15-. The lowest BCUT2D eigenvalue weighted by Gasteiger charge is -2.07. The van der Waals surface area contributed by atoms with Crippen LogP contribution in [0, 0.1) is 0 Å². The zero-order chi connectivity index (χ0) is 25.4. The Balaban J connectivity index is 1.30. The van der Waals surface area contributed by atoms with Crippen molar-refractivity contribution in [1.29, 1.82) is 0 Å². The van der Waals surface area contributed by atoms with E-state index in [1.807, 2.05) is 42.1 Å². The predicted molar refractivity (Wildman–Crippen MR) is 145 cm³/mol. The van der Waals surface area contributed by atoms with Gasteiger partial charge in [-0.15, -0.1) is 0 Å². The van der Waals surface area contributed by atoms with Gasteiger partial charge in [0.2, 0.25) is 5.78 Å². The predicted octanol–water partition coefficient (Wildman–Crippen LogP) is 6.50. The van der Waals surface area contributed by atoms with Gasteiger partial charge in [-0.3, -0.25) is 9.78 Å². The Morgan fingerprint density at radius 3 is 2.57 bits per heavy atom. The molecule has 7 heteroatoms. The van der Waals surface area contributed by atoms with E-state index in [0.717, 1.165) is 27.6 Å². The fourth-order valence-electron chi connectivity index (χ4n) is 4.59. The molecule has 1 aliphatic rings. The molecule has 0 saturated heterocycles. The number of anilines is 2. The number of urea groups is 1. The number of allylic oxidation sites excluding steroid dienone is 1. The van der Waals surface area contributed by atoms with Crippen molar-refractivity contribution in [3.8, 4) is 16.9 Å². The van der Waals surface area contributed by atoms with E-state index in [1.165, 1.54) is 0 Å². The molecule has 2 aromatic heterocycles. The average Bonchev–Trinajstić information content (AvgIpc) is 3.41. The number of fused-ring (bicyclic) bond motifs is 2. The van der Waals surface area contributed by atoms with Crippen molar-refractivity contribution in [3.63, 3.8) is 0 Å². The first-order valence-electron chi connectivity index (χ1n) is 11.8. The fourth-order valence-corrected chi connectivity index (χ4v) is 4.59. The number of pyridine rings is 1. The van der Waals surface area contributed by atoms with E-state index in [0.29, 0.717) is 22.7 Å². The molecule has 180 valence electrons. The molecular weight excluding hydrogens is 464 g/mol. The number of ketones is 1. The van der Waals surface area contributed by atoms with Gasteiger partial charge in [-0.25, -0.2) is 4.79 Å². The highest BCUT2D eigenvalue weighted by atomic mass is 16.5. The van der Waals surface area contributed by atoms with Crippen LogP contribution in [0.25, 0.3) is 28.1 Å². The van der Waals surface area contributed by atoms with E-state index >= 15 is 0 Å². The summed E-state index contributed by atoms with van der Waals surface area (Å²) in [6.07, 6.45) is 6.97. The number of benzene rings is 3. The van der Waals surface area contributed by atoms with Gasteiger partial charge in [0.1, 0.15) is 5.75 Å². The van der Waals surface area contributed by atoms with E-state index in [-0.39, 0.29) is 11.5 Å². The maximum Gasteiger partial charge on any atom is 0.323 e. The molecule has 0 bridgehead atoms. The number of ether oxygens (including phenoxy) is 1. The lowest BCUT2D eigenvalue weighted by molar-refractivity contribution is 0.101. The molecule has 0 fully saturated rings. The molecule has 2 amide bonds. The smallest absolute Gasteiger partial charge is 0.323 e. The van der Waals surface area contributed by atoms with Crippen molar-refractivity contribution in [2.75, 3.05) is 10.6 Å². The van der Waals surface area contributed by atoms with Crippen LogP contribution in [0.5, 0.6) is 5.75 Å². The molecule has 3 heterocycles. The van der Waals surface area contributed by atoms with Gasteiger partial charge in [-0.05, 0) is 53.6 Å². The van der Waals surface area contributed by atoms with Crippen LogP contribution in [-0.4, -0.2) is 21.4 Å². The van der Waals surface area contributed by atoms with Crippen molar-refractivity contribution in [2.45, 2.75) is 0 Å². The van der Waals surface area contributed by atoms with Crippen molar-refractivity contribution in [1.82, 2.24) is 9.55 Å². The van der Waals surface area contributed by atoms with Gasteiger partial charge in [0, 0.05) is 41.6 Å². The molecule has 0 aliphatic carbocycles. The summed E-state index contributed by atoms with van der Waals surface area (Å²) in [4.78, 5) is 29.6. The number of rotatable bonds is 4. The summed E-state index contributed by atoms with van der Waals surface area (Å²) in [5, 5.41) is 6.50. The number of amides is 2. The quantitative estimate of drug-likeness (QED) is 0.284. The Bertz CT molecular complexity index is 1690. The molecule has 2 N–H and O–H groups in total. The Labute approximate surface area is 213 Å². The Kier molecular flexibility index (Phi) is 5.50. The van der Waals surface area contributed by atoms with Crippen LogP contribution < -0.4 is 15.4 Å². The van der Waals surface area contributed by atoms with E-state index in [2.05, 4.69) is 39.9 Å².